The molecule has 2 heterocycles. The van der Waals surface area contributed by atoms with Gasteiger partial charge in [-0.05, 0) is 23.6 Å². The van der Waals surface area contributed by atoms with E-state index in [9.17, 15) is 25.0 Å². The van der Waals surface area contributed by atoms with E-state index in [1.54, 1.807) is 4.90 Å². The molecule has 0 saturated heterocycles. The Labute approximate surface area is 181 Å². The molecular formula is C20H17N7O5. The third kappa shape index (κ3) is 4.01. The second-order valence-electron chi connectivity index (χ2n) is 6.95. The first-order chi connectivity index (χ1) is 15.5. The fourth-order valence-electron chi connectivity index (χ4n) is 3.55. The number of hydrogen-bond acceptors (Lipinski definition) is 9. The van der Waals surface area contributed by atoms with Crippen LogP contribution in [-0.4, -0.2) is 32.3 Å². The van der Waals surface area contributed by atoms with E-state index >= 15 is 0 Å². The normalized spacial score (nSPS) is 12.6. The van der Waals surface area contributed by atoms with Gasteiger partial charge in [-0.3, -0.25) is 35.9 Å². The topological polar surface area (TPSA) is 156 Å². The lowest BCUT2D eigenvalue weighted by atomic mass is 10.00. The Kier molecular flexibility index (Phi) is 5.57. The molecule has 2 aromatic carbocycles. The predicted octanol–water partition coefficient (Wildman–Crippen LogP) is 2.61. The van der Waals surface area contributed by atoms with Crippen molar-refractivity contribution < 1.29 is 14.6 Å². The molecule has 1 amide bonds. The Bertz CT molecular complexity index is 1220. The Hall–Kier alpha value is -4.61. The van der Waals surface area contributed by atoms with Crippen LogP contribution in [0.4, 0.5) is 23.0 Å². The zero-order chi connectivity index (χ0) is 22.7. The molecule has 162 valence electrons. The largest absolute Gasteiger partial charge is 0.355 e. The minimum absolute atomic E-state index is 0.113. The average Bonchev–Trinajstić information content (AvgIpc) is 2.81. The fraction of sp³-hybridized carbons (Fsp3) is 0.150. The van der Waals surface area contributed by atoms with E-state index in [0.29, 0.717) is 19.5 Å². The van der Waals surface area contributed by atoms with Crippen molar-refractivity contribution >= 4 is 28.9 Å². The number of carbonyl (C=O) groups excluding carboxylic acids is 1. The predicted molar refractivity (Wildman–Crippen MR) is 114 cm³/mol. The molecule has 0 atom stereocenters. The van der Waals surface area contributed by atoms with E-state index in [1.807, 2.05) is 24.3 Å². The number of fused-ring (bicyclic) bond motifs is 1. The van der Waals surface area contributed by atoms with Crippen molar-refractivity contribution in [1.29, 1.82) is 0 Å². The maximum absolute atomic E-state index is 12.4. The van der Waals surface area contributed by atoms with E-state index in [2.05, 4.69) is 20.8 Å². The van der Waals surface area contributed by atoms with E-state index < -0.39 is 27.1 Å². The van der Waals surface area contributed by atoms with Crippen LogP contribution >= 0.6 is 0 Å². The number of carbonyl (C=O) groups is 1. The fourth-order valence-corrected chi connectivity index (χ4v) is 3.55. The maximum Gasteiger partial charge on any atom is 0.355 e. The van der Waals surface area contributed by atoms with Crippen LogP contribution in [0.25, 0.3) is 0 Å². The lowest BCUT2D eigenvalue weighted by molar-refractivity contribution is -0.385. The lowest BCUT2D eigenvalue weighted by Crippen LogP contribution is -2.33. The molecule has 1 aliphatic heterocycles. The van der Waals surface area contributed by atoms with Crippen LogP contribution in [0.15, 0.2) is 54.9 Å². The van der Waals surface area contributed by atoms with Gasteiger partial charge in [-0.1, -0.05) is 36.4 Å². The van der Waals surface area contributed by atoms with Gasteiger partial charge in [0, 0.05) is 19.2 Å². The third-order valence-corrected chi connectivity index (χ3v) is 5.06. The molecule has 1 aromatic heterocycles. The van der Waals surface area contributed by atoms with E-state index in [0.717, 1.165) is 11.9 Å². The number of aromatic nitrogens is 2. The van der Waals surface area contributed by atoms with Crippen LogP contribution in [0.3, 0.4) is 0 Å². The van der Waals surface area contributed by atoms with E-state index in [1.165, 1.54) is 29.8 Å². The molecular weight excluding hydrogens is 418 g/mol. The van der Waals surface area contributed by atoms with Crippen molar-refractivity contribution in [2.45, 2.75) is 13.0 Å². The molecule has 0 spiro atoms. The quantitative estimate of drug-likeness (QED) is 0.439. The van der Waals surface area contributed by atoms with Gasteiger partial charge in [-0.15, -0.1) is 0 Å². The summed E-state index contributed by atoms with van der Waals surface area (Å²) in [5.41, 5.74) is 5.89. The lowest BCUT2D eigenvalue weighted by Gasteiger charge is -2.29. The Morgan fingerprint density at radius 1 is 0.969 bits per heavy atom. The molecule has 12 heteroatoms. The van der Waals surface area contributed by atoms with Gasteiger partial charge in [0.1, 0.15) is 11.9 Å². The molecule has 0 saturated carbocycles. The zero-order valence-electron chi connectivity index (χ0n) is 16.6. The summed E-state index contributed by atoms with van der Waals surface area (Å²) in [5, 5.41) is 23.0. The average molecular weight is 435 g/mol. The van der Waals surface area contributed by atoms with Crippen molar-refractivity contribution in [3.8, 4) is 0 Å². The molecule has 12 nitrogen and oxygen atoms in total. The SMILES string of the molecule is O=C(NNc1ncnc(N2CCc3ccccc3C2)c1[N+](=O)[O-])c1ccccc1[N+](=O)[O-]. The number of nitrogens with zero attached hydrogens (tertiary/aromatic N) is 5. The van der Waals surface area contributed by atoms with Gasteiger partial charge in [0.25, 0.3) is 11.6 Å². The van der Waals surface area contributed by atoms with E-state index in [-0.39, 0.29) is 17.2 Å². The number of nitrogens with one attached hydrogen (secondary N) is 2. The van der Waals surface area contributed by atoms with Crippen LogP contribution in [0.5, 0.6) is 0 Å². The molecule has 0 unspecified atom stereocenters. The van der Waals surface area contributed by atoms with Gasteiger partial charge in [-0.25, -0.2) is 9.97 Å². The highest BCUT2D eigenvalue weighted by Crippen LogP contribution is 2.34. The van der Waals surface area contributed by atoms with Gasteiger partial charge < -0.3 is 4.90 Å². The maximum atomic E-state index is 12.4. The van der Waals surface area contributed by atoms with Gasteiger partial charge in [0.15, 0.2) is 0 Å². The molecule has 0 fully saturated rings. The summed E-state index contributed by atoms with van der Waals surface area (Å²) in [6.07, 6.45) is 1.86. The Balaban J connectivity index is 1.59. The summed E-state index contributed by atoms with van der Waals surface area (Å²) in [6, 6.07) is 13.2. The van der Waals surface area contributed by atoms with Crippen LogP contribution in [-0.2, 0) is 13.0 Å². The van der Waals surface area contributed by atoms with Crippen molar-refractivity contribution in [2.75, 3.05) is 16.9 Å². The summed E-state index contributed by atoms with van der Waals surface area (Å²) < 4.78 is 0. The molecule has 4 rings (SSSR count). The molecule has 0 aliphatic carbocycles. The number of para-hydroxylation sites is 1. The summed E-state index contributed by atoms with van der Waals surface area (Å²) in [4.78, 5) is 43.9. The number of hydrazine groups is 1. The molecule has 0 bridgehead atoms. The van der Waals surface area contributed by atoms with Crippen molar-refractivity contribution in [2.24, 2.45) is 0 Å². The minimum Gasteiger partial charge on any atom is -0.346 e. The molecule has 3 aromatic rings. The Morgan fingerprint density at radius 3 is 2.44 bits per heavy atom. The minimum atomic E-state index is -0.835. The first kappa shape index (κ1) is 20.7. The number of amides is 1. The zero-order valence-corrected chi connectivity index (χ0v) is 16.6. The van der Waals surface area contributed by atoms with Crippen molar-refractivity contribution in [3.05, 3.63) is 91.8 Å². The van der Waals surface area contributed by atoms with Crippen LogP contribution in [0.2, 0.25) is 0 Å². The number of nitro benzene ring substituents is 1. The smallest absolute Gasteiger partial charge is 0.346 e. The van der Waals surface area contributed by atoms with Crippen molar-refractivity contribution in [3.63, 3.8) is 0 Å². The number of hydrogen-bond donors (Lipinski definition) is 2. The monoisotopic (exact) mass is 435 g/mol. The highest BCUT2D eigenvalue weighted by atomic mass is 16.6. The van der Waals surface area contributed by atoms with Gasteiger partial charge in [0.2, 0.25) is 11.6 Å². The van der Waals surface area contributed by atoms with Gasteiger partial charge >= 0.3 is 5.69 Å². The third-order valence-electron chi connectivity index (χ3n) is 5.06. The Morgan fingerprint density at radius 2 is 1.69 bits per heavy atom. The number of anilines is 2. The highest BCUT2D eigenvalue weighted by molar-refractivity contribution is 5.98. The van der Waals surface area contributed by atoms with Crippen LogP contribution < -0.4 is 15.8 Å². The standard InChI is InChI=1S/C20H17N7O5/c28-20(15-7-3-4-8-16(15)26(29)30)24-23-18-17(27(31)32)19(22-12-21-18)25-10-9-13-5-1-2-6-14(13)11-25/h1-8,12H,9-11H2,(H,24,28)(H,21,22,23). The van der Waals surface area contributed by atoms with Gasteiger partial charge in [-0.2, -0.15) is 0 Å². The van der Waals surface area contributed by atoms with Crippen LogP contribution in [0, 0.1) is 20.2 Å². The molecule has 2 N–H and O–H groups in total. The second kappa shape index (κ2) is 8.63. The first-order valence-corrected chi connectivity index (χ1v) is 9.56. The second-order valence-corrected chi connectivity index (χ2v) is 6.95. The van der Waals surface area contributed by atoms with Gasteiger partial charge in [0.05, 0.1) is 9.85 Å². The summed E-state index contributed by atoms with van der Waals surface area (Å²) in [6.45, 7) is 0.965. The highest BCUT2D eigenvalue weighted by Gasteiger charge is 2.29. The van der Waals surface area contributed by atoms with E-state index in [4.69, 9.17) is 0 Å². The number of rotatable bonds is 6. The molecule has 32 heavy (non-hydrogen) atoms. The summed E-state index contributed by atoms with van der Waals surface area (Å²) in [5.74, 6) is -0.952. The number of benzene rings is 2. The number of nitro groups is 2. The summed E-state index contributed by atoms with van der Waals surface area (Å²) in [7, 11) is 0. The molecule has 1 aliphatic rings. The van der Waals surface area contributed by atoms with Crippen molar-refractivity contribution in [1.82, 2.24) is 15.4 Å². The first-order valence-electron chi connectivity index (χ1n) is 9.56. The van der Waals surface area contributed by atoms with Crippen LogP contribution in [0.1, 0.15) is 21.5 Å². The molecule has 0 radical (unpaired) electrons. The summed E-state index contributed by atoms with van der Waals surface area (Å²) >= 11 is 0.